The molecule has 1 aromatic carbocycles. The topological polar surface area (TPSA) is 67.7 Å². The van der Waals surface area contributed by atoms with E-state index in [1.807, 2.05) is 26.6 Å². The number of Topliss-reactive ketones (excluding diaryl/α,β-unsaturated/α-hetero) is 1. The second-order valence-electron chi connectivity index (χ2n) is 8.27. The molecule has 158 valence electrons. The number of halogens is 2. The second kappa shape index (κ2) is 7.87. The normalized spacial score (nSPS) is 24.5. The van der Waals surface area contributed by atoms with Gasteiger partial charge in [-0.2, -0.15) is 0 Å². The van der Waals surface area contributed by atoms with Gasteiger partial charge in [0.15, 0.2) is 5.78 Å². The van der Waals surface area contributed by atoms with E-state index in [1.54, 1.807) is 18.5 Å². The van der Waals surface area contributed by atoms with Crippen molar-refractivity contribution in [1.82, 2.24) is 19.4 Å². The Hall–Kier alpha value is -2.09. The molecule has 0 radical (unpaired) electrons. The third kappa shape index (κ3) is 3.70. The Bertz CT molecular complexity index is 988. The highest BCUT2D eigenvalue weighted by Gasteiger charge is 2.40. The Morgan fingerprint density at radius 2 is 2.00 bits per heavy atom. The number of benzene rings is 1. The first kappa shape index (κ1) is 19.8. The van der Waals surface area contributed by atoms with Crippen LogP contribution < -0.4 is 0 Å². The van der Waals surface area contributed by atoms with Gasteiger partial charge in [-0.05, 0) is 24.6 Å². The molecule has 0 N–H and O–H groups in total. The van der Waals surface area contributed by atoms with Crippen molar-refractivity contribution in [2.75, 3.05) is 32.8 Å². The molecule has 0 unspecified atom stereocenters. The summed E-state index contributed by atoms with van der Waals surface area (Å²) in [5, 5.41) is 1.15. The molecule has 0 saturated carbocycles. The zero-order valence-electron chi connectivity index (χ0n) is 16.3. The fourth-order valence-electron chi connectivity index (χ4n) is 4.54. The number of fused-ring (bicyclic) bond motifs is 1. The second-order valence-corrected chi connectivity index (χ2v) is 9.12. The maximum absolute atomic E-state index is 12.9. The average Bonchev–Trinajstić information content (AvgIpc) is 3.15. The van der Waals surface area contributed by atoms with E-state index in [0.717, 1.165) is 17.8 Å². The number of carbonyl (C=O) groups excluding carboxylic acids is 2. The van der Waals surface area contributed by atoms with E-state index in [1.165, 1.54) is 0 Å². The van der Waals surface area contributed by atoms with Gasteiger partial charge in [0.2, 0.25) is 0 Å². The lowest BCUT2D eigenvalue weighted by atomic mass is 9.88. The highest BCUT2D eigenvalue weighted by Crippen LogP contribution is 2.32. The van der Waals surface area contributed by atoms with Gasteiger partial charge < -0.3 is 19.1 Å². The van der Waals surface area contributed by atoms with E-state index >= 15 is 0 Å². The number of likely N-dealkylation sites (tertiary alicyclic amines) is 2. The van der Waals surface area contributed by atoms with Crippen LogP contribution in [0.4, 0.5) is 4.79 Å². The predicted octanol–water partition coefficient (Wildman–Crippen LogP) is 3.38. The first-order valence-corrected chi connectivity index (χ1v) is 10.9. The van der Waals surface area contributed by atoms with Crippen LogP contribution in [0.2, 0.25) is 10.0 Å². The van der Waals surface area contributed by atoms with Crippen molar-refractivity contribution in [3.05, 3.63) is 46.5 Å². The molecule has 2 aromatic rings. The van der Waals surface area contributed by atoms with Crippen LogP contribution in [-0.4, -0.2) is 70.1 Å². The molecule has 0 aliphatic carbocycles. The van der Waals surface area contributed by atoms with Crippen LogP contribution in [0.3, 0.4) is 0 Å². The summed E-state index contributed by atoms with van der Waals surface area (Å²) in [6, 6.07) is 5.40. The van der Waals surface area contributed by atoms with E-state index in [4.69, 9.17) is 27.9 Å². The van der Waals surface area contributed by atoms with Gasteiger partial charge in [0.1, 0.15) is 6.61 Å². The van der Waals surface area contributed by atoms with Crippen LogP contribution in [0.5, 0.6) is 0 Å². The van der Waals surface area contributed by atoms with Crippen molar-refractivity contribution < 1.29 is 14.3 Å². The summed E-state index contributed by atoms with van der Waals surface area (Å²) < 4.78 is 7.50. The summed E-state index contributed by atoms with van der Waals surface area (Å²) in [6.45, 7) is 2.78. The summed E-state index contributed by atoms with van der Waals surface area (Å²) in [4.78, 5) is 32.8. The number of imidazole rings is 1. The number of piperidine rings is 1. The molecular formula is C21H22Cl2N4O3. The number of hydrogen-bond donors (Lipinski definition) is 0. The zero-order chi connectivity index (χ0) is 20.8. The van der Waals surface area contributed by atoms with Gasteiger partial charge in [-0.1, -0.05) is 23.2 Å². The summed E-state index contributed by atoms with van der Waals surface area (Å²) in [5.74, 6) is 0.463. The maximum atomic E-state index is 12.9. The van der Waals surface area contributed by atoms with Gasteiger partial charge >= 0.3 is 6.03 Å². The summed E-state index contributed by atoms with van der Waals surface area (Å²) in [5.41, 5.74) is 1.76. The largest absolute Gasteiger partial charge is 0.370 e. The van der Waals surface area contributed by atoms with Gasteiger partial charge in [0.25, 0.3) is 0 Å². The van der Waals surface area contributed by atoms with Crippen molar-refractivity contribution in [2.24, 2.45) is 5.92 Å². The molecule has 3 fully saturated rings. The first-order chi connectivity index (χ1) is 14.5. The number of hydrogen-bond acceptors (Lipinski definition) is 4. The lowest BCUT2D eigenvalue weighted by molar-refractivity contribution is -0.140. The highest BCUT2D eigenvalue weighted by atomic mass is 35.5. The molecule has 0 spiro atoms. The molecule has 4 heterocycles. The van der Waals surface area contributed by atoms with E-state index < -0.39 is 0 Å². The van der Waals surface area contributed by atoms with Gasteiger partial charge in [-0.3, -0.25) is 4.79 Å². The number of ether oxygens (including phenoxy) is 1. The molecule has 0 bridgehead atoms. The Labute approximate surface area is 184 Å². The lowest BCUT2D eigenvalue weighted by Crippen LogP contribution is -2.58. The zero-order valence-corrected chi connectivity index (χ0v) is 17.8. The Morgan fingerprint density at radius 3 is 2.80 bits per heavy atom. The first-order valence-electron chi connectivity index (χ1n) is 10.1. The summed E-state index contributed by atoms with van der Waals surface area (Å²) in [6.07, 6.45) is 5.12. The van der Waals surface area contributed by atoms with Crippen molar-refractivity contribution in [3.8, 4) is 5.69 Å². The Morgan fingerprint density at radius 1 is 1.17 bits per heavy atom. The Balaban J connectivity index is 1.19. The Kier molecular flexibility index (Phi) is 5.21. The van der Waals surface area contributed by atoms with Gasteiger partial charge in [0.05, 0.1) is 28.8 Å². The van der Waals surface area contributed by atoms with Gasteiger partial charge in [-0.25, -0.2) is 9.78 Å². The predicted molar refractivity (Wildman–Crippen MR) is 112 cm³/mol. The molecule has 3 aliphatic heterocycles. The molecule has 7 nitrogen and oxygen atoms in total. The molecule has 30 heavy (non-hydrogen) atoms. The minimum absolute atomic E-state index is 0.0444. The van der Waals surface area contributed by atoms with Gasteiger partial charge in [0, 0.05) is 55.7 Å². The van der Waals surface area contributed by atoms with Crippen LogP contribution in [0.25, 0.3) is 5.69 Å². The number of rotatable bonds is 2. The molecular weight excluding hydrogens is 427 g/mol. The molecule has 1 aromatic heterocycles. The van der Waals surface area contributed by atoms with Crippen molar-refractivity contribution in [1.29, 1.82) is 0 Å². The van der Waals surface area contributed by atoms with Crippen molar-refractivity contribution >= 4 is 35.0 Å². The molecule has 3 aliphatic rings. The van der Waals surface area contributed by atoms with Crippen LogP contribution in [0.1, 0.15) is 24.5 Å². The summed E-state index contributed by atoms with van der Waals surface area (Å²) >= 11 is 12.3. The van der Waals surface area contributed by atoms with Crippen molar-refractivity contribution in [2.45, 2.75) is 24.9 Å². The standard InChI is InChI=1S/C21H22Cl2N4O3/c22-15-1-2-19(17(23)6-15)27-10-18(24-12-27)14-8-26(9-14)21(29)25-4-3-20-13(7-25)5-16(28)11-30-20/h1-2,6,10,12-14,20H,3-5,7-9,11H2/t13-,20+/m1/s1. The monoisotopic (exact) mass is 448 g/mol. The number of carbonyl (C=O) groups is 2. The molecule has 5 rings (SSSR count). The molecule has 9 heteroatoms. The maximum Gasteiger partial charge on any atom is 0.320 e. The lowest BCUT2D eigenvalue weighted by Gasteiger charge is -2.45. The smallest absolute Gasteiger partial charge is 0.320 e. The van der Waals surface area contributed by atoms with Crippen LogP contribution in [0.15, 0.2) is 30.7 Å². The fourth-order valence-corrected chi connectivity index (χ4v) is 5.05. The van der Waals surface area contributed by atoms with Crippen LogP contribution in [-0.2, 0) is 9.53 Å². The van der Waals surface area contributed by atoms with Crippen LogP contribution >= 0.6 is 23.2 Å². The average molecular weight is 449 g/mol. The quantitative estimate of drug-likeness (QED) is 0.705. The van der Waals surface area contributed by atoms with Gasteiger partial charge in [-0.15, -0.1) is 0 Å². The van der Waals surface area contributed by atoms with Crippen LogP contribution in [0, 0.1) is 5.92 Å². The van der Waals surface area contributed by atoms with Crippen molar-refractivity contribution in [3.63, 3.8) is 0 Å². The van der Waals surface area contributed by atoms with E-state index in [9.17, 15) is 9.59 Å². The number of amides is 2. The minimum atomic E-state index is 0.0444. The third-order valence-electron chi connectivity index (χ3n) is 6.24. The highest BCUT2D eigenvalue weighted by molar-refractivity contribution is 6.35. The summed E-state index contributed by atoms with van der Waals surface area (Å²) in [7, 11) is 0. The number of nitrogens with zero attached hydrogens (tertiary/aromatic N) is 4. The van der Waals surface area contributed by atoms with E-state index in [2.05, 4.69) is 4.98 Å². The van der Waals surface area contributed by atoms with E-state index in [-0.39, 0.29) is 36.4 Å². The number of urea groups is 1. The van der Waals surface area contributed by atoms with E-state index in [0.29, 0.717) is 42.6 Å². The minimum Gasteiger partial charge on any atom is -0.370 e. The molecule has 3 saturated heterocycles. The molecule has 2 atom stereocenters. The SMILES string of the molecule is O=C1CO[C@H]2CCN(C(=O)N3CC(c4cn(-c5ccc(Cl)cc5Cl)cn4)C3)C[C@H]2C1. The number of ketones is 1. The third-order valence-corrected chi connectivity index (χ3v) is 6.78. The fraction of sp³-hybridized carbons (Fsp3) is 0.476. The number of aromatic nitrogens is 2. The molecule has 2 amide bonds.